The van der Waals surface area contributed by atoms with Gasteiger partial charge < -0.3 is 10.4 Å². The van der Waals surface area contributed by atoms with E-state index in [0.717, 1.165) is 5.01 Å². The maximum absolute atomic E-state index is 13.0. The van der Waals surface area contributed by atoms with E-state index in [9.17, 15) is 18.9 Å². The summed E-state index contributed by atoms with van der Waals surface area (Å²) in [6.07, 6.45) is 0. The van der Waals surface area contributed by atoms with Crippen molar-refractivity contribution in [3.8, 4) is 0 Å². The second-order valence-electron chi connectivity index (χ2n) is 4.19. The molecule has 0 spiro atoms. The first-order chi connectivity index (χ1) is 9.32. The van der Waals surface area contributed by atoms with Crippen molar-refractivity contribution in [2.24, 2.45) is 0 Å². The molecule has 6 nitrogen and oxygen atoms in total. The molecule has 0 atom stereocenters. The smallest absolute Gasteiger partial charge is 0.293 e. The lowest BCUT2D eigenvalue weighted by Crippen LogP contribution is -2.31. The Labute approximate surface area is 116 Å². The number of alkyl halides is 2. The number of nitrogens with zero attached hydrogens (tertiary/aromatic N) is 2. The number of aliphatic hydroxyl groups excluding tert-OH is 1. The number of nitrogens with one attached hydrogen (secondary N) is 1. The monoisotopic (exact) mass is 303 g/mol. The van der Waals surface area contributed by atoms with Crippen LogP contribution in [0.5, 0.6) is 0 Å². The molecule has 0 aliphatic carbocycles. The molecule has 2 N–H and O–H groups in total. The normalized spacial score (nSPS) is 11.8. The van der Waals surface area contributed by atoms with Crippen LogP contribution in [-0.2, 0) is 0 Å². The van der Waals surface area contributed by atoms with E-state index in [4.69, 9.17) is 5.11 Å². The number of nitro groups is 1. The van der Waals surface area contributed by atoms with Gasteiger partial charge in [-0.2, -0.15) is 0 Å². The summed E-state index contributed by atoms with van der Waals surface area (Å²) >= 11 is 1.29. The van der Waals surface area contributed by atoms with Crippen LogP contribution in [0.2, 0.25) is 0 Å². The van der Waals surface area contributed by atoms with Crippen molar-refractivity contribution in [2.45, 2.75) is 12.8 Å². The summed E-state index contributed by atoms with van der Waals surface area (Å²) in [5.74, 6) is -3.35. The molecule has 2 aromatic rings. The van der Waals surface area contributed by atoms with Gasteiger partial charge in [-0.3, -0.25) is 10.1 Å². The number of aryl methyl sites for hydroxylation is 1. The zero-order valence-electron chi connectivity index (χ0n) is 10.4. The molecule has 0 aliphatic heterocycles. The lowest BCUT2D eigenvalue weighted by Gasteiger charge is -2.14. The minimum atomic E-state index is -3.35. The third kappa shape index (κ3) is 2.99. The number of hydrogen-bond donors (Lipinski definition) is 2. The molecule has 0 radical (unpaired) electrons. The number of aliphatic hydroxyl groups is 1. The summed E-state index contributed by atoms with van der Waals surface area (Å²) in [6.45, 7) is -0.464. The fraction of sp³-hybridized carbons (Fsp3) is 0.364. The standard InChI is InChI=1S/C11H11F2N3O3S/c1-6-15-8-2-7(14-4-11(12,13)5-17)9(16(18)19)3-10(8)20-6/h2-3,14,17H,4-5H2,1H3. The summed E-state index contributed by atoms with van der Waals surface area (Å²) in [5, 5.41) is 22.5. The molecule has 0 saturated carbocycles. The van der Waals surface area contributed by atoms with E-state index in [1.54, 1.807) is 6.92 Å². The van der Waals surface area contributed by atoms with E-state index in [2.05, 4.69) is 10.3 Å². The second kappa shape index (κ2) is 5.25. The summed E-state index contributed by atoms with van der Waals surface area (Å²) in [6, 6.07) is 2.67. The number of thiazole rings is 1. The summed E-state index contributed by atoms with van der Waals surface area (Å²) < 4.78 is 26.6. The van der Waals surface area contributed by atoms with Gasteiger partial charge in [0.25, 0.3) is 11.6 Å². The molecule has 20 heavy (non-hydrogen) atoms. The van der Waals surface area contributed by atoms with Gasteiger partial charge in [0.15, 0.2) is 0 Å². The molecule has 2 rings (SSSR count). The topological polar surface area (TPSA) is 88.3 Å². The van der Waals surface area contributed by atoms with E-state index in [-0.39, 0.29) is 11.4 Å². The van der Waals surface area contributed by atoms with Gasteiger partial charge in [-0.25, -0.2) is 13.8 Å². The predicted molar refractivity (Wildman–Crippen MR) is 71.5 cm³/mol. The van der Waals surface area contributed by atoms with E-state index in [0.29, 0.717) is 10.2 Å². The Balaban J connectivity index is 2.39. The number of benzene rings is 1. The number of anilines is 1. The molecule has 1 aromatic heterocycles. The Morgan fingerprint density at radius 1 is 1.55 bits per heavy atom. The van der Waals surface area contributed by atoms with Crippen molar-refractivity contribution in [1.29, 1.82) is 0 Å². The summed E-state index contributed by atoms with van der Waals surface area (Å²) in [7, 11) is 0. The Bertz CT molecular complexity index is 660. The molecule has 0 unspecified atom stereocenters. The predicted octanol–water partition coefficient (Wildman–Crippen LogP) is 2.55. The van der Waals surface area contributed by atoms with Crippen LogP contribution in [0.3, 0.4) is 0 Å². The molecule has 9 heteroatoms. The van der Waals surface area contributed by atoms with Gasteiger partial charge in [-0.05, 0) is 13.0 Å². The first-order valence-corrected chi connectivity index (χ1v) is 6.42. The summed E-state index contributed by atoms with van der Waals surface area (Å²) in [4.78, 5) is 14.5. The van der Waals surface area contributed by atoms with Crippen LogP contribution in [-0.4, -0.2) is 34.1 Å². The van der Waals surface area contributed by atoms with Crippen LogP contribution in [0.15, 0.2) is 12.1 Å². The molecule has 108 valence electrons. The lowest BCUT2D eigenvalue weighted by atomic mass is 10.2. The molecule has 0 fully saturated rings. The number of hydrogen-bond acceptors (Lipinski definition) is 6. The minimum absolute atomic E-state index is 0.0408. The average Bonchev–Trinajstić information content (AvgIpc) is 2.74. The second-order valence-corrected chi connectivity index (χ2v) is 5.43. The van der Waals surface area contributed by atoms with Crippen LogP contribution in [0.25, 0.3) is 10.2 Å². The van der Waals surface area contributed by atoms with Gasteiger partial charge in [-0.1, -0.05) is 0 Å². The quantitative estimate of drug-likeness (QED) is 0.654. The summed E-state index contributed by atoms with van der Waals surface area (Å²) in [5.41, 5.74) is 0.170. The van der Waals surface area contributed by atoms with Crippen LogP contribution in [0.1, 0.15) is 5.01 Å². The highest BCUT2D eigenvalue weighted by atomic mass is 32.1. The first-order valence-electron chi connectivity index (χ1n) is 5.60. The maximum atomic E-state index is 13.0. The fourth-order valence-electron chi connectivity index (χ4n) is 1.65. The fourth-order valence-corrected chi connectivity index (χ4v) is 2.49. The van der Waals surface area contributed by atoms with Gasteiger partial charge >= 0.3 is 0 Å². The number of rotatable bonds is 5. The van der Waals surface area contributed by atoms with Crippen molar-refractivity contribution in [3.05, 3.63) is 27.3 Å². The lowest BCUT2D eigenvalue weighted by molar-refractivity contribution is -0.383. The Morgan fingerprint density at radius 2 is 2.25 bits per heavy atom. The Morgan fingerprint density at radius 3 is 2.85 bits per heavy atom. The molecule has 1 heterocycles. The highest BCUT2D eigenvalue weighted by Gasteiger charge is 2.28. The molecule has 1 aromatic carbocycles. The molecular formula is C11H11F2N3O3S. The van der Waals surface area contributed by atoms with Crippen LogP contribution in [0.4, 0.5) is 20.2 Å². The van der Waals surface area contributed by atoms with E-state index in [1.807, 2.05) is 0 Å². The van der Waals surface area contributed by atoms with Crippen LogP contribution >= 0.6 is 11.3 Å². The van der Waals surface area contributed by atoms with Crippen molar-refractivity contribution in [3.63, 3.8) is 0 Å². The number of fused-ring (bicyclic) bond motifs is 1. The third-order valence-electron chi connectivity index (χ3n) is 2.58. The highest BCUT2D eigenvalue weighted by molar-refractivity contribution is 7.18. The zero-order valence-corrected chi connectivity index (χ0v) is 11.2. The molecule has 0 amide bonds. The van der Waals surface area contributed by atoms with Gasteiger partial charge in [-0.15, -0.1) is 11.3 Å². The van der Waals surface area contributed by atoms with E-state index >= 15 is 0 Å². The number of nitro benzene ring substituents is 1. The number of aromatic nitrogens is 1. The SMILES string of the molecule is Cc1nc2cc(NCC(F)(F)CO)c([N+](=O)[O-])cc2s1. The van der Waals surface area contributed by atoms with Gasteiger partial charge in [0.1, 0.15) is 12.3 Å². The number of halogens is 2. The van der Waals surface area contributed by atoms with E-state index < -0.39 is 24.0 Å². The van der Waals surface area contributed by atoms with Crippen molar-refractivity contribution < 1.29 is 18.8 Å². The van der Waals surface area contributed by atoms with Gasteiger partial charge in [0.05, 0.1) is 26.7 Å². The Hall–Kier alpha value is -1.87. The highest BCUT2D eigenvalue weighted by Crippen LogP contribution is 2.33. The van der Waals surface area contributed by atoms with Crippen molar-refractivity contribution >= 4 is 32.9 Å². The molecule has 0 aliphatic rings. The molecule has 0 saturated heterocycles. The maximum Gasteiger partial charge on any atom is 0.293 e. The molecule has 0 bridgehead atoms. The first kappa shape index (κ1) is 14.5. The average molecular weight is 303 g/mol. The third-order valence-corrected chi connectivity index (χ3v) is 3.51. The van der Waals surface area contributed by atoms with Crippen molar-refractivity contribution in [1.82, 2.24) is 4.98 Å². The minimum Gasteiger partial charge on any atom is -0.390 e. The van der Waals surface area contributed by atoms with Crippen LogP contribution < -0.4 is 5.32 Å². The van der Waals surface area contributed by atoms with Crippen LogP contribution in [0, 0.1) is 17.0 Å². The molecular weight excluding hydrogens is 292 g/mol. The largest absolute Gasteiger partial charge is 0.390 e. The Kier molecular flexibility index (Phi) is 3.82. The van der Waals surface area contributed by atoms with Crippen molar-refractivity contribution in [2.75, 3.05) is 18.5 Å². The van der Waals surface area contributed by atoms with Gasteiger partial charge in [0.2, 0.25) is 0 Å². The van der Waals surface area contributed by atoms with Gasteiger partial charge in [0, 0.05) is 6.07 Å². The zero-order chi connectivity index (χ0) is 14.9. The van der Waals surface area contributed by atoms with E-state index in [1.165, 1.54) is 23.5 Å².